The van der Waals surface area contributed by atoms with Gasteiger partial charge in [-0.3, -0.25) is 9.69 Å². The Bertz CT molecular complexity index is 456. The van der Waals surface area contributed by atoms with Crippen molar-refractivity contribution < 1.29 is 9.53 Å². The molecule has 100 valence electrons. The van der Waals surface area contributed by atoms with Crippen molar-refractivity contribution in [2.75, 3.05) is 20.7 Å². The number of nitrogens with two attached hydrogens (primary N) is 1. The molecule has 0 aromatic heterocycles. The predicted octanol–water partition coefficient (Wildman–Crippen LogP) is 1.54. The number of benzene rings is 1. The lowest BCUT2D eigenvalue weighted by atomic mass is 9.98. The van der Waals surface area contributed by atoms with Gasteiger partial charge in [-0.25, -0.2) is 0 Å². The van der Waals surface area contributed by atoms with Crippen molar-refractivity contribution in [3.05, 3.63) is 28.3 Å². The maximum atomic E-state index is 10.9. The topological polar surface area (TPSA) is 55.6 Å². The molecular formula is C14H22N2O2. The lowest BCUT2D eigenvalue weighted by Crippen LogP contribution is -2.30. The van der Waals surface area contributed by atoms with Crippen LogP contribution in [0.4, 0.5) is 0 Å². The van der Waals surface area contributed by atoms with Gasteiger partial charge in [0.05, 0.1) is 13.7 Å². The second-order valence-corrected chi connectivity index (χ2v) is 4.77. The summed E-state index contributed by atoms with van der Waals surface area (Å²) in [7, 11) is 3.58. The molecule has 1 aromatic rings. The van der Waals surface area contributed by atoms with Gasteiger partial charge in [0.2, 0.25) is 5.91 Å². The van der Waals surface area contributed by atoms with E-state index in [0.29, 0.717) is 6.54 Å². The van der Waals surface area contributed by atoms with E-state index >= 15 is 0 Å². The van der Waals surface area contributed by atoms with Crippen LogP contribution in [-0.4, -0.2) is 31.5 Å². The van der Waals surface area contributed by atoms with E-state index in [1.807, 2.05) is 18.9 Å². The molecule has 1 aromatic carbocycles. The molecular weight excluding hydrogens is 228 g/mol. The van der Waals surface area contributed by atoms with E-state index in [1.54, 1.807) is 7.11 Å². The van der Waals surface area contributed by atoms with Crippen LogP contribution in [0.2, 0.25) is 0 Å². The van der Waals surface area contributed by atoms with Crippen LogP contribution in [0.3, 0.4) is 0 Å². The number of rotatable bonds is 5. The summed E-state index contributed by atoms with van der Waals surface area (Å²) >= 11 is 0. The summed E-state index contributed by atoms with van der Waals surface area (Å²) in [5.74, 6) is 0.630. The largest absolute Gasteiger partial charge is 0.496 e. The number of methoxy groups -OCH3 is 1. The normalized spacial score (nSPS) is 10.8. The molecule has 0 aliphatic carbocycles. The van der Waals surface area contributed by atoms with Gasteiger partial charge in [0, 0.05) is 6.54 Å². The summed E-state index contributed by atoms with van der Waals surface area (Å²) in [6.45, 7) is 7.14. The van der Waals surface area contributed by atoms with Crippen molar-refractivity contribution in [3.63, 3.8) is 0 Å². The maximum Gasteiger partial charge on any atom is 0.231 e. The van der Waals surface area contributed by atoms with Crippen molar-refractivity contribution in [2.24, 2.45) is 5.73 Å². The zero-order valence-electron chi connectivity index (χ0n) is 11.8. The minimum absolute atomic E-state index is 0.267. The fourth-order valence-corrected chi connectivity index (χ4v) is 2.23. The molecule has 2 N–H and O–H groups in total. The van der Waals surface area contributed by atoms with E-state index in [4.69, 9.17) is 10.5 Å². The summed E-state index contributed by atoms with van der Waals surface area (Å²) in [6, 6.07) is 2.11. The second kappa shape index (κ2) is 5.87. The molecule has 4 nitrogen and oxygen atoms in total. The van der Waals surface area contributed by atoms with Crippen LogP contribution < -0.4 is 10.5 Å². The van der Waals surface area contributed by atoms with Gasteiger partial charge in [-0.15, -0.1) is 0 Å². The minimum Gasteiger partial charge on any atom is -0.496 e. The number of hydrogen-bond donors (Lipinski definition) is 1. The zero-order valence-corrected chi connectivity index (χ0v) is 11.8. The average Bonchev–Trinajstić information content (AvgIpc) is 2.25. The van der Waals surface area contributed by atoms with Gasteiger partial charge in [0.1, 0.15) is 5.75 Å². The Balaban J connectivity index is 3.00. The average molecular weight is 250 g/mol. The molecule has 4 heteroatoms. The molecule has 0 bridgehead atoms. The van der Waals surface area contributed by atoms with E-state index in [0.717, 1.165) is 16.9 Å². The van der Waals surface area contributed by atoms with Crippen molar-refractivity contribution >= 4 is 5.91 Å². The number of aryl methyl sites for hydroxylation is 1. The smallest absolute Gasteiger partial charge is 0.231 e. The highest BCUT2D eigenvalue weighted by Crippen LogP contribution is 2.28. The van der Waals surface area contributed by atoms with Gasteiger partial charge < -0.3 is 10.5 Å². The molecule has 0 fully saturated rings. The Hall–Kier alpha value is -1.55. The van der Waals surface area contributed by atoms with Crippen LogP contribution in [0, 0.1) is 20.8 Å². The van der Waals surface area contributed by atoms with E-state index < -0.39 is 0 Å². The maximum absolute atomic E-state index is 10.9. The van der Waals surface area contributed by atoms with Gasteiger partial charge >= 0.3 is 0 Å². The van der Waals surface area contributed by atoms with Crippen LogP contribution in [-0.2, 0) is 11.3 Å². The molecule has 0 unspecified atom stereocenters. The third kappa shape index (κ3) is 3.23. The number of carbonyl (C=O) groups is 1. The SMILES string of the molecule is COc1c(C)cc(CN(C)CC(N)=O)c(C)c1C. The van der Waals surface area contributed by atoms with Gasteiger partial charge in [-0.1, -0.05) is 6.07 Å². The third-order valence-corrected chi connectivity index (χ3v) is 3.20. The first kappa shape index (κ1) is 14.5. The summed E-state index contributed by atoms with van der Waals surface area (Å²) in [5, 5.41) is 0. The van der Waals surface area contributed by atoms with Crippen LogP contribution in [0.5, 0.6) is 5.75 Å². The number of likely N-dealkylation sites (N-methyl/N-ethyl adjacent to an activating group) is 1. The Labute approximate surface area is 109 Å². The summed E-state index contributed by atoms with van der Waals surface area (Å²) in [6.07, 6.45) is 0. The van der Waals surface area contributed by atoms with Crippen LogP contribution >= 0.6 is 0 Å². The standard InChI is InChI=1S/C14H22N2O2/c1-9-6-12(7-16(4)8-13(15)17)10(2)11(3)14(9)18-5/h6H,7-8H2,1-5H3,(H2,15,17). The zero-order chi connectivity index (χ0) is 13.9. The predicted molar refractivity (Wildman–Crippen MR) is 72.7 cm³/mol. The van der Waals surface area contributed by atoms with Crippen LogP contribution in [0.25, 0.3) is 0 Å². The van der Waals surface area contributed by atoms with E-state index in [-0.39, 0.29) is 12.5 Å². The molecule has 0 spiro atoms. The van der Waals surface area contributed by atoms with E-state index in [2.05, 4.69) is 19.9 Å². The summed E-state index contributed by atoms with van der Waals surface area (Å²) in [5.41, 5.74) is 9.86. The van der Waals surface area contributed by atoms with Crippen LogP contribution in [0.1, 0.15) is 22.3 Å². The number of amides is 1. The van der Waals surface area contributed by atoms with Crippen molar-refractivity contribution in [2.45, 2.75) is 27.3 Å². The highest BCUT2D eigenvalue weighted by Gasteiger charge is 2.12. The first-order valence-electron chi connectivity index (χ1n) is 5.97. The third-order valence-electron chi connectivity index (χ3n) is 3.20. The first-order chi connectivity index (χ1) is 8.36. The van der Waals surface area contributed by atoms with Crippen molar-refractivity contribution in [3.8, 4) is 5.75 Å². The lowest BCUT2D eigenvalue weighted by molar-refractivity contribution is -0.118. The summed E-state index contributed by atoms with van der Waals surface area (Å²) in [4.78, 5) is 12.8. The second-order valence-electron chi connectivity index (χ2n) is 4.77. The van der Waals surface area contributed by atoms with E-state index in [9.17, 15) is 4.79 Å². The summed E-state index contributed by atoms with van der Waals surface area (Å²) < 4.78 is 5.39. The molecule has 1 rings (SSSR count). The lowest BCUT2D eigenvalue weighted by Gasteiger charge is -2.20. The Morgan fingerprint density at radius 1 is 1.33 bits per heavy atom. The minimum atomic E-state index is -0.308. The highest BCUT2D eigenvalue weighted by molar-refractivity contribution is 5.75. The van der Waals surface area contributed by atoms with E-state index in [1.165, 1.54) is 11.1 Å². The highest BCUT2D eigenvalue weighted by atomic mass is 16.5. The number of carbonyl (C=O) groups excluding carboxylic acids is 1. The molecule has 0 radical (unpaired) electrons. The fourth-order valence-electron chi connectivity index (χ4n) is 2.23. The molecule has 0 saturated heterocycles. The molecule has 0 aliphatic rings. The Kier molecular flexibility index (Phi) is 4.73. The van der Waals surface area contributed by atoms with Gasteiger partial charge in [0.25, 0.3) is 0 Å². The molecule has 0 saturated carbocycles. The number of ether oxygens (including phenoxy) is 1. The number of primary amides is 1. The van der Waals surface area contributed by atoms with Gasteiger partial charge in [-0.05, 0) is 50.1 Å². The number of hydrogen-bond acceptors (Lipinski definition) is 3. The monoisotopic (exact) mass is 250 g/mol. The Morgan fingerprint density at radius 2 is 1.94 bits per heavy atom. The Morgan fingerprint density at radius 3 is 2.44 bits per heavy atom. The number of nitrogens with zero attached hydrogens (tertiary/aromatic N) is 1. The quantitative estimate of drug-likeness (QED) is 0.862. The van der Waals surface area contributed by atoms with Crippen LogP contribution in [0.15, 0.2) is 6.07 Å². The molecule has 1 amide bonds. The fraction of sp³-hybridized carbons (Fsp3) is 0.500. The first-order valence-corrected chi connectivity index (χ1v) is 5.97. The van der Waals surface area contributed by atoms with Crippen molar-refractivity contribution in [1.82, 2.24) is 4.90 Å². The van der Waals surface area contributed by atoms with Gasteiger partial charge in [0.15, 0.2) is 0 Å². The van der Waals surface area contributed by atoms with Crippen molar-refractivity contribution in [1.29, 1.82) is 0 Å². The molecule has 0 aliphatic heterocycles. The molecule has 0 atom stereocenters. The molecule has 18 heavy (non-hydrogen) atoms. The van der Waals surface area contributed by atoms with Gasteiger partial charge in [-0.2, -0.15) is 0 Å². The molecule has 0 heterocycles.